The van der Waals surface area contributed by atoms with Gasteiger partial charge in [0.25, 0.3) is 5.56 Å². The fourth-order valence-electron chi connectivity index (χ4n) is 1.88. The molecule has 0 bridgehead atoms. The largest absolute Gasteiger partial charge is 0.374 e. The molecule has 17 heavy (non-hydrogen) atoms. The summed E-state index contributed by atoms with van der Waals surface area (Å²) in [6, 6.07) is 0.0217. The first-order chi connectivity index (χ1) is 7.97. The molecule has 0 fully saturated rings. The molecule has 2 heterocycles. The predicted octanol–water partition coefficient (Wildman–Crippen LogP) is -1.29. The zero-order valence-electron chi connectivity index (χ0n) is 9.87. The van der Waals surface area contributed by atoms with E-state index in [1.165, 1.54) is 4.57 Å². The van der Waals surface area contributed by atoms with Gasteiger partial charge >= 0.3 is 11.6 Å². The maximum Gasteiger partial charge on any atom is 0.374 e. The van der Waals surface area contributed by atoms with Gasteiger partial charge in [0, 0.05) is 7.05 Å². The Morgan fingerprint density at radius 2 is 2.00 bits per heavy atom. The summed E-state index contributed by atoms with van der Waals surface area (Å²) in [6.07, 6.45) is 0. The molecule has 0 unspecified atom stereocenters. The summed E-state index contributed by atoms with van der Waals surface area (Å²) >= 11 is 0. The van der Waals surface area contributed by atoms with E-state index in [0.29, 0.717) is 17.1 Å². The molecule has 0 aliphatic heterocycles. The molecule has 2 aromatic rings. The summed E-state index contributed by atoms with van der Waals surface area (Å²) in [6.45, 7) is 3.83. The summed E-state index contributed by atoms with van der Waals surface area (Å²) in [5.41, 5.74) is 2.39. The van der Waals surface area contributed by atoms with E-state index >= 15 is 0 Å². The average Bonchev–Trinajstić information content (AvgIpc) is 2.65. The quantitative estimate of drug-likeness (QED) is 0.296. The number of nitrogens with two attached hydrogens (primary N) is 1. The van der Waals surface area contributed by atoms with Crippen molar-refractivity contribution in [1.29, 1.82) is 0 Å². The number of aromatic nitrogens is 4. The Hall–Kier alpha value is -2.09. The van der Waals surface area contributed by atoms with Crippen LogP contribution in [0.15, 0.2) is 9.59 Å². The van der Waals surface area contributed by atoms with E-state index in [4.69, 9.17) is 5.84 Å². The highest BCUT2D eigenvalue weighted by atomic mass is 16.2. The minimum atomic E-state index is -0.469. The number of hydrazine groups is 1. The normalized spacial score (nSPS) is 11.4. The molecule has 0 saturated heterocycles. The van der Waals surface area contributed by atoms with Crippen molar-refractivity contribution in [1.82, 2.24) is 14.5 Å². The number of anilines is 1. The maximum absolute atomic E-state index is 11.8. The van der Waals surface area contributed by atoms with E-state index in [9.17, 15) is 9.59 Å². The Balaban J connectivity index is 3.03. The lowest BCUT2D eigenvalue weighted by Gasteiger charge is -2.04. The van der Waals surface area contributed by atoms with Crippen LogP contribution in [0.4, 0.5) is 5.95 Å². The SMILES string of the molecule is CC(C)[n+]1c(NN)[nH]c2c1c(=O)[nH]c(=O)n2C. The van der Waals surface area contributed by atoms with Gasteiger partial charge in [0.2, 0.25) is 11.2 Å². The minimum absolute atomic E-state index is 0.0217. The number of rotatable bonds is 2. The standard InChI is InChI=1S/C9H14N6O2/c1-4(2)15-5-6(11-8(15)13-10)14(3)9(17)12-7(5)16/h4H,10H2,1-3H3,(H2,11,12,13,16,17)/p+1. The summed E-state index contributed by atoms with van der Waals surface area (Å²) < 4.78 is 3.03. The Morgan fingerprint density at radius 3 is 2.53 bits per heavy atom. The fraction of sp³-hybridized carbons (Fsp3) is 0.444. The van der Waals surface area contributed by atoms with Gasteiger partial charge in [0.1, 0.15) is 0 Å². The Labute approximate surface area is 96.0 Å². The molecule has 8 nitrogen and oxygen atoms in total. The molecule has 2 aromatic heterocycles. The van der Waals surface area contributed by atoms with Crippen LogP contribution in [0.1, 0.15) is 19.9 Å². The molecule has 0 atom stereocenters. The van der Waals surface area contributed by atoms with E-state index in [1.54, 1.807) is 11.6 Å². The number of aromatic amines is 2. The van der Waals surface area contributed by atoms with Crippen molar-refractivity contribution in [2.75, 3.05) is 5.43 Å². The van der Waals surface area contributed by atoms with Crippen LogP contribution < -0.4 is 27.1 Å². The molecule has 92 valence electrons. The van der Waals surface area contributed by atoms with Crippen LogP contribution in [-0.2, 0) is 7.05 Å². The third kappa shape index (κ3) is 1.53. The number of fused-ring (bicyclic) bond motifs is 1. The number of imidazole rings is 1. The fourth-order valence-corrected chi connectivity index (χ4v) is 1.88. The Kier molecular flexibility index (Phi) is 2.50. The summed E-state index contributed by atoms with van der Waals surface area (Å²) in [4.78, 5) is 28.5. The van der Waals surface area contributed by atoms with Crippen molar-refractivity contribution in [2.45, 2.75) is 19.9 Å². The highest BCUT2D eigenvalue weighted by molar-refractivity contribution is 5.67. The number of aryl methyl sites for hydroxylation is 1. The van der Waals surface area contributed by atoms with Crippen molar-refractivity contribution >= 4 is 17.1 Å². The number of hydrogen-bond donors (Lipinski definition) is 4. The Morgan fingerprint density at radius 1 is 1.35 bits per heavy atom. The maximum atomic E-state index is 11.8. The van der Waals surface area contributed by atoms with E-state index in [2.05, 4.69) is 15.4 Å². The van der Waals surface area contributed by atoms with Gasteiger partial charge in [0.15, 0.2) is 0 Å². The monoisotopic (exact) mass is 239 g/mol. The van der Waals surface area contributed by atoms with Gasteiger partial charge in [-0.3, -0.25) is 14.3 Å². The molecular formula is C9H15N6O2+. The number of nitrogens with one attached hydrogen (secondary N) is 3. The molecule has 0 spiro atoms. The van der Waals surface area contributed by atoms with E-state index in [0.717, 1.165) is 0 Å². The van der Waals surface area contributed by atoms with Crippen LogP contribution in [0.5, 0.6) is 0 Å². The molecule has 8 heteroatoms. The molecule has 0 amide bonds. The van der Waals surface area contributed by atoms with Gasteiger partial charge in [-0.25, -0.2) is 19.8 Å². The highest BCUT2D eigenvalue weighted by Gasteiger charge is 2.23. The van der Waals surface area contributed by atoms with Crippen LogP contribution >= 0.6 is 0 Å². The molecule has 5 N–H and O–H groups in total. The second-order valence-electron chi connectivity index (χ2n) is 4.10. The summed E-state index contributed by atoms with van der Waals surface area (Å²) in [7, 11) is 1.57. The zero-order valence-corrected chi connectivity index (χ0v) is 9.87. The van der Waals surface area contributed by atoms with Gasteiger partial charge in [-0.2, -0.15) is 5.84 Å². The average molecular weight is 239 g/mol. The van der Waals surface area contributed by atoms with Crippen molar-refractivity contribution < 1.29 is 4.57 Å². The van der Waals surface area contributed by atoms with Crippen LogP contribution in [0.2, 0.25) is 0 Å². The second kappa shape index (κ2) is 3.74. The van der Waals surface area contributed by atoms with Crippen LogP contribution in [0, 0.1) is 0 Å². The van der Waals surface area contributed by atoms with Crippen molar-refractivity contribution in [3.05, 3.63) is 20.8 Å². The number of hydrogen-bond acceptors (Lipinski definition) is 4. The minimum Gasteiger partial charge on any atom is -0.271 e. The molecule has 0 saturated carbocycles. The topological polar surface area (TPSA) is 113 Å². The lowest BCUT2D eigenvalue weighted by atomic mass is 10.3. The van der Waals surface area contributed by atoms with E-state index < -0.39 is 11.2 Å². The van der Waals surface area contributed by atoms with Gasteiger partial charge < -0.3 is 0 Å². The molecule has 0 radical (unpaired) electrons. The molecule has 0 aliphatic carbocycles. The van der Waals surface area contributed by atoms with Gasteiger partial charge in [-0.15, -0.1) is 0 Å². The van der Waals surface area contributed by atoms with Crippen LogP contribution in [0.25, 0.3) is 11.2 Å². The molecular weight excluding hydrogens is 224 g/mol. The summed E-state index contributed by atoms with van der Waals surface area (Å²) in [5, 5.41) is 0. The lowest BCUT2D eigenvalue weighted by molar-refractivity contribution is -0.678. The second-order valence-corrected chi connectivity index (χ2v) is 4.10. The number of nitrogen functional groups attached to an aromatic ring is 1. The van der Waals surface area contributed by atoms with Gasteiger partial charge in [-0.1, -0.05) is 0 Å². The summed E-state index contributed by atoms with van der Waals surface area (Å²) in [5.74, 6) is 5.86. The van der Waals surface area contributed by atoms with Crippen LogP contribution in [-0.4, -0.2) is 14.5 Å². The third-order valence-corrected chi connectivity index (χ3v) is 2.67. The van der Waals surface area contributed by atoms with Crippen LogP contribution in [0.3, 0.4) is 0 Å². The number of nitrogens with zero attached hydrogens (tertiary/aromatic N) is 2. The van der Waals surface area contributed by atoms with Crippen molar-refractivity contribution in [3.8, 4) is 0 Å². The highest BCUT2D eigenvalue weighted by Crippen LogP contribution is 2.08. The number of H-pyrrole nitrogens is 2. The zero-order chi connectivity index (χ0) is 12.7. The molecule has 0 aromatic carbocycles. The Bertz CT molecular complexity index is 677. The van der Waals surface area contributed by atoms with E-state index in [1.807, 2.05) is 13.8 Å². The molecule has 0 aliphatic rings. The van der Waals surface area contributed by atoms with E-state index in [-0.39, 0.29) is 6.04 Å². The predicted molar refractivity (Wildman–Crippen MR) is 62.6 cm³/mol. The van der Waals surface area contributed by atoms with Gasteiger partial charge in [0.05, 0.1) is 6.04 Å². The smallest absolute Gasteiger partial charge is 0.271 e. The lowest BCUT2D eigenvalue weighted by Crippen LogP contribution is -2.43. The van der Waals surface area contributed by atoms with Crippen molar-refractivity contribution in [2.24, 2.45) is 12.9 Å². The first-order valence-electron chi connectivity index (χ1n) is 5.20. The van der Waals surface area contributed by atoms with Crippen molar-refractivity contribution in [3.63, 3.8) is 0 Å². The third-order valence-electron chi connectivity index (χ3n) is 2.67. The van der Waals surface area contributed by atoms with Gasteiger partial charge in [-0.05, 0) is 13.8 Å². The molecule has 2 rings (SSSR count). The first kappa shape index (κ1) is 11.4. The first-order valence-corrected chi connectivity index (χ1v) is 5.20.